The van der Waals surface area contributed by atoms with Gasteiger partial charge in [-0.3, -0.25) is 0 Å². The van der Waals surface area contributed by atoms with Crippen molar-refractivity contribution in [3.05, 3.63) is 51.6 Å². The van der Waals surface area contributed by atoms with Gasteiger partial charge in [0.15, 0.2) is 0 Å². The molecule has 0 atom stereocenters. The van der Waals surface area contributed by atoms with Gasteiger partial charge in [0, 0.05) is 15.3 Å². The monoisotopic (exact) mass is 383 g/mol. The highest BCUT2D eigenvalue weighted by Crippen LogP contribution is 2.31. The summed E-state index contributed by atoms with van der Waals surface area (Å²) in [5, 5.41) is 3.29. The maximum atomic E-state index is 11.7. The number of anilines is 2. The number of hydrogen-bond acceptors (Lipinski definition) is 4. The number of methoxy groups -OCH3 is 2. The number of rotatable bonds is 4. The summed E-state index contributed by atoms with van der Waals surface area (Å²) in [6.07, 6.45) is 0. The summed E-state index contributed by atoms with van der Waals surface area (Å²) in [6.45, 7) is 0. The fourth-order valence-electron chi connectivity index (χ4n) is 1.76. The standard InChI is InChI=1S/C15H14INO3/c1-19-14-9-13(17-10-6-4-3-5-7-10)12(16)8-11(14)15(18)20-2/h3-9,17H,1-2H3. The van der Waals surface area contributed by atoms with Crippen LogP contribution < -0.4 is 10.1 Å². The van der Waals surface area contributed by atoms with Crippen molar-refractivity contribution in [2.45, 2.75) is 0 Å². The van der Waals surface area contributed by atoms with Crippen LogP contribution >= 0.6 is 22.6 Å². The largest absolute Gasteiger partial charge is 0.496 e. The molecule has 0 radical (unpaired) electrons. The minimum absolute atomic E-state index is 0.411. The Labute approximate surface area is 131 Å². The van der Waals surface area contributed by atoms with Crippen molar-refractivity contribution in [3.8, 4) is 5.75 Å². The summed E-state index contributed by atoms with van der Waals surface area (Å²) in [6, 6.07) is 13.3. The summed E-state index contributed by atoms with van der Waals surface area (Å²) >= 11 is 2.17. The number of halogens is 1. The zero-order valence-electron chi connectivity index (χ0n) is 11.1. The van der Waals surface area contributed by atoms with Crippen LogP contribution in [0.3, 0.4) is 0 Å². The van der Waals surface area contributed by atoms with Crippen LogP contribution in [-0.4, -0.2) is 20.2 Å². The number of benzene rings is 2. The fourth-order valence-corrected chi connectivity index (χ4v) is 2.37. The van der Waals surface area contributed by atoms with Gasteiger partial charge in [-0.25, -0.2) is 4.79 Å². The maximum Gasteiger partial charge on any atom is 0.341 e. The van der Waals surface area contributed by atoms with E-state index < -0.39 is 5.97 Å². The molecule has 0 spiro atoms. The summed E-state index contributed by atoms with van der Waals surface area (Å²) in [5.41, 5.74) is 2.26. The number of nitrogens with one attached hydrogen (secondary N) is 1. The van der Waals surface area contributed by atoms with Gasteiger partial charge >= 0.3 is 5.97 Å². The molecule has 1 N–H and O–H groups in total. The molecule has 0 amide bonds. The van der Waals surface area contributed by atoms with Crippen LogP contribution in [0.1, 0.15) is 10.4 Å². The van der Waals surface area contributed by atoms with Crippen LogP contribution in [-0.2, 0) is 4.74 Å². The molecule has 0 aromatic heterocycles. The molecule has 4 nitrogen and oxygen atoms in total. The molecule has 0 saturated carbocycles. The molecule has 104 valence electrons. The number of para-hydroxylation sites is 1. The fraction of sp³-hybridized carbons (Fsp3) is 0.133. The van der Waals surface area contributed by atoms with Crippen LogP contribution in [0.4, 0.5) is 11.4 Å². The lowest BCUT2D eigenvalue weighted by Crippen LogP contribution is -2.06. The van der Waals surface area contributed by atoms with Crippen molar-refractivity contribution >= 4 is 39.9 Å². The van der Waals surface area contributed by atoms with E-state index in [1.807, 2.05) is 30.3 Å². The normalized spacial score (nSPS) is 9.95. The van der Waals surface area contributed by atoms with Gasteiger partial charge in [-0.15, -0.1) is 0 Å². The van der Waals surface area contributed by atoms with Gasteiger partial charge in [0.05, 0.1) is 19.9 Å². The van der Waals surface area contributed by atoms with E-state index in [2.05, 4.69) is 27.9 Å². The van der Waals surface area contributed by atoms with Gasteiger partial charge in [-0.05, 0) is 40.8 Å². The molecule has 0 unspecified atom stereocenters. The molecule has 2 aromatic carbocycles. The number of ether oxygens (including phenoxy) is 2. The lowest BCUT2D eigenvalue weighted by molar-refractivity contribution is 0.0597. The Morgan fingerprint density at radius 3 is 2.45 bits per heavy atom. The Morgan fingerprint density at radius 1 is 1.15 bits per heavy atom. The molecule has 0 aliphatic heterocycles. The molecule has 2 aromatic rings. The van der Waals surface area contributed by atoms with Crippen molar-refractivity contribution in [2.75, 3.05) is 19.5 Å². The second kappa shape index (κ2) is 6.60. The quantitative estimate of drug-likeness (QED) is 0.644. The average Bonchev–Trinajstić information content (AvgIpc) is 2.49. The van der Waals surface area contributed by atoms with E-state index in [0.717, 1.165) is 14.9 Å². The summed E-state index contributed by atoms with van der Waals surface area (Å²) in [7, 11) is 2.88. The lowest BCUT2D eigenvalue weighted by Gasteiger charge is -2.13. The molecule has 0 fully saturated rings. The summed E-state index contributed by atoms with van der Waals surface area (Å²) < 4.78 is 10.9. The van der Waals surface area contributed by atoms with E-state index in [1.54, 1.807) is 12.1 Å². The molecule has 2 rings (SSSR count). The Balaban J connectivity index is 2.38. The smallest absolute Gasteiger partial charge is 0.341 e. The molecular formula is C15H14INO3. The van der Waals surface area contributed by atoms with Crippen LogP contribution in [0.2, 0.25) is 0 Å². The van der Waals surface area contributed by atoms with Crippen LogP contribution in [0.25, 0.3) is 0 Å². The third-order valence-corrected chi connectivity index (χ3v) is 3.64. The molecule has 0 aliphatic rings. The number of esters is 1. The van der Waals surface area contributed by atoms with Crippen LogP contribution in [0.15, 0.2) is 42.5 Å². The van der Waals surface area contributed by atoms with Gasteiger partial charge in [0.25, 0.3) is 0 Å². The first-order chi connectivity index (χ1) is 9.65. The van der Waals surface area contributed by atoms with E-state index in [4.69, 9.17) is 9.47 Å². The third kappa shape index (κ3) is 3.22. The number of carbonyl (C=O) groups is 1. The van der Waals surface area contributed by atoms with Crippen LogP contribution in [0.5, 0.6) is 5.75 Å². The zero-order chi connectivity index (χ0) is 14.5. The highest BCUT2D eigenvalue weighted by atomic mass is 127. The van der Waals surface area contributed by atoms with Crippen molar-refractivity contribution < 1.29 is 14.3 Å². The number of hydrogen-bond donors (Lipinski definition) is 1. The van der Waals surface area contributed by atoms with Crippen molar-refractivity contribution in [2.24, 2.45) is 0 Å². The first kappa shape index (κ1) is 14.6. The maximum absolute atomic E-state index is 11.7. The van der Waals surface area contributed by atoms with E-state index in [1.165, 1.54) is 14.2 Å². The van der Waals surface area contributed by atoms with E-state index in [-0.39, 0.29) is 0 Å². The van der Waals surface area contributed by atoms with Crippen molar-refractivity contribution in [3.63, 3.8) is 0 Å². The number of carbonyl (C=O) groups excluding carboxylic acids is 1. The Kier molecular flexibility index (Phi) is 4.84. The predicted octanol–water partition coefficient (Wildman–Crippen LogP) is 3.83. The first-order valence-electron chi connectivity index (χ1n) is 5.93. The van der Waals surface area contributed by atoms with Crippen LogP contribution in [0, 0.1) is 3.57 Å². The molecule has 5 heteroatoms. The first-order valence-corrected chi connectivity index (χ1v) is 7.01. The van der Waals surface area contributed by atoms with Gasteiger partial charge < -0.3 is 14.8 Å². The minimum atomic E-state index is -0.411. The van der Waals surface area contributed by atoms with E-state index in [0.29, 0.717) is 11.3 Å². The van der Waals surface area contributed by atoms with E-state index in [9.17, 15) is 4.79 Å². The van der Waals surface area contributed by atoms with Crippen molar-refractivity contribution in [1.82, 2.24) is 0 Å². The second-order valence-corrected chi connectivity index (χ2v) is 5.18. The lowest BCUT2D eigenvalue weighted by atomic mass is 10.1. The highest BCUT2D eigenvalue weighted by Gasteiger charge is 2.16. The summed E-state index contributed by atoms with van der Waals surface area (Å²) in [4.78, 5) is 11.7. The molecule has 0 heterocycles. The molecule has 0 aliphatic carbocycles. The molecule has 0 bridgehead atoms. The Morgan fingerprint density at radius 2 is 1.85 bits per heavy atom. The second-order valence-electron chi connectivity index (χ2n) is 4.01. The highest BCUT2D eigenvalue weighted by molar-refractivity contribution is 14.1. The molecular weight excluding hydrogens is 369 g/mol. The zero-order valence-corrected chi connectivity index (χ0v) is 13.3. The van der Waals surface area contributed by atoms with E-state index >= 15 is 0 Å². The average molecular weight is 383 g/mol. The van der Waals surface area contributed by atoms with Gasteiger partial charge in [0.1, 0.15) is 11.3 Å². The predicted molar refractivity (Wildman–Crippen MR) is 86.8 cm³/mol. The van der Waals surface area contributed by atoms with Crippen molar-refractivity contribution in [1.29, 1.82) is 0 Å². The molecule has 20 heavy (non-hydrogen) atoms. The minimum Gasteiger partial charge on any atom is -0.496 e. The summed E-state index contributed by atoms with van der Waals surface area (Å²) in [5.74, 6) is 0.0710. The molecule has 0 saturated heterocycles. The Bertz CT molecular complexity index is 614. The SMILES string of the molecule is COC(=O)c1cc(I)c(Nc2ccccc2)cc1OC. The Hall–Kier alpha value is -1.76. The van der Waals surface area contributed by atoms with Gasteiger partial charge in [0.2, 0.25) is 0 Å². The third-order valence-electron chi connectivity index (χ3n) is 2.75. The van der Waals surface area contributed by atoms with Gasteiger partial charge in [-0.1, -0.05) is 18.2 Å². The van der Waals surface area contributed by atoms with Gasteiger partial charge in [-0.2, -0.15) is 0 Å². The topological polar surface area (TPSA) is 47.6 Å².